The molecule has 8 heteroatoms. The van der Waals surface area contributed by atoms with E-state index >= 15 is 0 Å². The van der Waals surface area contributed by atoms with Crippen LogP contribution in [0, 0.1) is 0 Å². The van der Waals surface area contributed by atoms with Crippen molar-refractivity contribution in [2.24, 2.45) is 12.0 Å². The molecular formula is C20H29ClIN5O. The van der Waals surface area contributed by atoms with Crippen LogP contribution in [0.15, 0.2) is 41.5 Å². The second-order valence-corrected chi connectivity index (χ2v) is 7.18. The van der Waals surface area contributed by atoms with Gasteiger partial charge in [-0.3, -0.25) is 9.79 Å². The summed E-state index contributed by atoms with van der Waals surface area (Å²) in [6.07, 6.45) is 2.69. The number of halogens is 2. The molecule has 0 aliphatic rings. The molecule has 28 heavy (non-hydrogen) atoms. The predicted molar refractivity (Wildman–Crippen MR) is 127 cm³/mol. The van der Waals surface area contributed by atoms with Crippen molar-refractivity contribution in [1.29, 1.82) is 0 Å². The number of amides is 1. The Morgan fingerprint density at radius 3 is 2.54 bits per heavy atom. The molecule has 0 bridgehead atoms. The van der Waals surface area contributed by atoms with Gasteiger partial charge in [0, 0.05) is 59.2 Å². The van der Waals surface area contributed by atoms with E-state index < -0.39 is 0 Å². The molecule has 1 N–H and O–H groups in total. The van der Waals surface area contributed by atoms with Gasteiger partial charge in [0.15, 0.2) is 5.96 Å². The van der Waals surface area contributed by atoms with Gasteiger partial charge in [0.05, 0.1) is 11.6 Å². The van der Waals surface area contributed by atoms with Crippen LogP contribution < -0.4 is 5.32 Å². The number of aromatic nitrogens is 1. The number of hydrogen-bond donors (Lipinski definition) is 1. The van der Waals surface area contributed by atoms with Crippen molar-refractivity contribution >= 4 is 47.4 Å². The van der Waals surface area contributed by atoms with Crippen molar-refractivity contribution in [2.75, 3.05) is 34.7 Å². The summed E-state index contributed by atoms with van der Waals surface area (Å²) in [6.45, 7) is 1.43. The Balaban J connectivity index is 0.00000392. The first-order chi connectivity index (χ1) is 12.8. The minimum Gasteiger partial charge on any atom is -0.356 e. The fraction of sp³-hybridized carbons (Fsp3) is 0.400. The molecule has 2 aromatic rings. The summed E-state index contributed by atoms with van der Waals surface area (Å²) < 4.78 is 2.01. The highest BCUT2D eigenvalue weighted by Crippen LogP contribution is 2.14. The topological polar surface area (TPSA) is 52.9 Å². The Kier molecular flexibility index (Phi) is 9.81. The van der Waals surface area contributed by atoms with Crippen LogP contribution in [-0.2, 0) is 20.0 Å². The quantitative estimate of drug-likeness (QED) is 0.364. The lowest BCUT2D eigenvalue weighted by atomic mass is 10.1. The van der Waals surface area contributed by atoms with Crippen molar-refractivity contribution in [3.8, 4) is 0 Å². The van der Waals surface area contributed by atoms with E-state index in [1.807, 2.05) is 55.2 Å². The van der Waals surface area contributed by atoms with E-state index in [1.165, 1.54) is 0 Å². The first kappa shape index (κ1) is 24.3. The fourth-order valence-corrected chi connectivity index (χ4v) is 3.13. The van der Waals surface area contributed by atoms with E-state index in [0.717, 1.165) is 35.2 Å². The summed E-state index contributed by atoms with van der Waals surface area (Å²) in [5, 5.41) is 4.11. The average molecular weight is 518 g/mol. The maximum Gasteiger partial charge on any atom is 0.253 e. The van der Waals surface area contributed by atoms with Crippen LogP contribution in [0.4, 0.5) is 0 Å². The molecule has 1 aromatic carbocycles. The molecule has 1 heterocycles. The normalized spacial score (nSPS) is 11.0. The highest BCUT2D eigenvalue weighted by molar-refractivity contribution is 14.0. The van der Waals surface area contributed by atoms with Gasteiger partial charge in [-0.2, -0.15) is 0 Å². The lowest BCUT2D eigenvalue weighted by molar-refractivity contribution is 0.0827. The first-order valence-electron chi connectivity index (χ1n) is 8.85. The van der Waals surface area contributed by atoms with Crippen molar-refractivity contribution < 1.29 is 4.79 Å². The van der Waals surface area contributed by atoms with Crippen LogP contribution in [0.2, 0.25) is 5.02 Å². The maximum atomic E-state index is 12.1. The van der Waals surface area contributed by atoms with E-state index in [0.29, 0.717) is 12.1 Å². The fourth-order valence-electron chi connectivity index (χ4n) is 2.86. The predicted octanol–water partition coefficient (Wildman–Crippen LogP) is 3.25. The Labute approximate surface area is 189 Å². The zero-order valence-corrected chi connectivity index (χ0v) is 20.2. The number of nitrogens with zero attached hydrogens (tertiary/aromatic N) is 4. The SMILES string of the molecule is CN=C(NCCc1cccc(C(=O)N(C)C)c1)N(C)Cc1cc(Cl)cn1C.I. The largest absolute Gasteiger partial charge is 0.356 e. The Morgan fingerprint density at radius 2 is 1.96 bits per heavy atom. The molecule has 0 atom stereocenters. The third-order valence-corrected chi connectivity index (χ3v) is 4.53. The number of hydrogen-bond acceptors (Lipinski definition) is 2. The number of aliphatic imine (C=N–C) groups is 1. The van der Waals surface area contributed by atoms with E-state index in [9.17, 15) is 4.79 Å². The molecule has 2 rings (SSSR count). The molecule has 1 aromatic heterocycles. The number of rotatable bonds is 6. The van der Waals surface area contributed by atoms with Gasteiger partial charge in [0.25, 0.3) is 5.91 Å². The third kappa shape index (κ3) is 6.70. The van der Waals surface area contributed by atoms with E-state index in [1.54, 1.807) is 26.0 Å². The smallest absolute Gasteiger partial charge is 0.253 e. The molecule has 154 valence electrons. The minimum absolute atomic E-state index is 0. The summed E-state index contributed by atoms with van der Waals surface area (Å²) in [5.41, 5.74) is 2.93. The molecule has 0 aliphatic carbocycles. The summed E-state index contributed by atoms with van der Waals surface area (Å²) in [5.74, 6) is 0.828. The zero-order valence-electron chi connectivity index (χ0n) is 17.1. The van der Waals surface area contributed by atoms with Gasteiger partial charge in [-0.1, -0.05) is 23.7 Å². The standard InChI is InChI=1S/C20H28ClN5O.HI/c1-22-20(26(5)14-18-12-17(21)13-25(18)4)23-10-9-15-7-6-8-16(11-15)19(27)24(2)3;/h6-8,11-13H,9-10,14H2,1-5H3,(H,22,23);1H. The van der Waals surface area contributed by atoms with Gasteiger partial charge in [-0.25, -0.2) is 0 Å². The third-order valence-electron chi connectivity index (χ3n) is 4.32. The number of benzene rings is 1. The van der Waals surface area contributed by atoms with Crippen LogP contribution in [0.25, 0.3) is 0 Å². The summed E-state index contributed by atoms with van der Waals surface area (Å²) in [4.78, 5) is 20.1. The van der Waals surface area contributed by atoms with Crippen LogP contribution in [-0.4, -0.2) is 61.0 Å². The van der Waals surface area contributed by atoms with Crippen molar-refractivity contribution in [3.05, 3.63) is 58.4 Å². The van der Waals surface area contributed by atoms with Gasteiger partial charge >= 0.3 is 0 Å². The Morgan fingerprint density at radius 1 is 1.25 bits per heavy atom. The van der Waals surface area contributed by atoms with Gasteiger partial charge in [-0.05, 0) is 30.2 Å². The van der Waals surface area contributed by atoms with Crippen LogP contribution in [0.1, 0.15) is 21.6 Å². The molecule has 0 fully saturated rings. The molecule has 0 spiro atoms. The monoisotopic (exact) mass is 517 g/mol. The van der Waals surface area contributed by atoms with Gasteiger partial charge in [0.1, 0.15) is 0 Å². The second kappa shape index (κ2) is 11.3. The van der Waals surface area contributed by atoms with E-state index in [-0.39, 0.29) is 29.9 Å². The molecule has 0 unspecified atom stereocenters. The number of carbonyl (C=O) groups excluding carboxylic acids is 1. The van der Waals surface area contributed by atoms with Crippen LogP contribution in [0.3, 0.4) is 0 Å². The van der Waals surface area contributed by atoms with Crippen molar-refractivity contribution in [1.82, 2.24) is 19.7 Å². The van der Waals surface area contributed by atoms with Gasteiger partial charge in [0.2, 0.25) is 0 Å². The number of carbonyl (C=O) groups is 1. The summed E-state index contributed by atoms with van der Waals surface area (Å²) in [7, 11) is 9.26. The highest BCUT2D eigenvalue weighted by Gasteiger charge is 2.11. The highest BCUT2D eigenvalue weighted by atomic mass is 127. The van der Waals surface area contributed by atoms with Gasteiger partial charge in [-0.15, -0.1) is 24.0 Å². The van der Waals surface area contributed by atoms with Crippen LogP contribution in [0.5, 0.6) is 0 Å². The minimum atomic E-state index is 0. The van der Waals surface area contributed by atoms with Crippen LogP contribution >= 0.6 is 35.6 Å². The Hall–Kier alpha value is -1.74. The van der Waals surface area contributed by atoms with Gasteiger partial charge < -0.3 is 19.7 Å². The molecule has 0 radical (unpaired) electrons. The number of guanidine groups is 1. The molecule has 6 nitrogen and oxygen atoms in total. The maximum absolute atomic E-state index is 12.1. The summed E-state index contributed by atoms with van der Waals surface area (Å²) in [6, 6.07) is 9.71. The second-order valence-electron chi connectivity index (χ2n) is 6.74. The number of aryl methyl sites for hydroxylation is 1. The number of nitrogens with one attached hydrogen (secondary N) is 1. The zero-order chi connectivity index (χ0) is 20.0. The molecule has 0 saturated carbocycles. The van der Waals surface area contributed by atoms with Crippen molar-refractivity contribution in [2.45, 2.75) is 13.0 Å². The molecule has 0 saturated heterocycles. The lowest BCUT2D eigenvalue weighted by Crippen LogP contribution is -2.39. The molecule has 0 aliphatic heterocycles. The average Bonchev–Trinajstić information content (AvgIpc) is 2.95. The summed E-state index contributed by atoms with van der Waals surface area (Å²) >= 11 is 6.06. The van der Waals surface area contributed by atoms with E-state index in [4.69, 9.17) is 11.6 Å². The molecule has 1 amide bonds. The lowest BCUT2D eigenvalue weighted by Gasteiger charge is -2.22. The van der Waals surface area contributed by atoms with E-state index in [2.05, 4.69) is 15.2 Å². The van der Waals surface area contributed by atoms with Crippen molar-refractivity contribution in [3.63, 3.8) is 0 Å². The Bertz CT molecular complexity index is 819. The molecular weight excluding hydrogens is 489 g/mol. The first-order valence-corrected chi connectivity index (χ1v) is 9.22.